The highest BCUT2D eigenvalue weighted by Crippen LogP contribution is 2.38. The van der Waals surface area contributed by atoms with E-state index in [1.165, 1.54) is 6.92 Å². The van der Waals surface area contributed by atoms with Gasteiger partial charge in [-0.25, -0.2) is 0 Å². The Balaban J connectivity index is 5.03. The van der Waals surface area contributed by atoms with Crippen LogP contribution in [0.1, 0.15) is 67.7 Å². The average Bonchev–Trinajstić information content (AvgIpc) is 2.29. The lowest BCUT2D eigenvalue weighted by Gasteiger charge is -2.39. The largest absolute Gasteiger partial charge is 0.456 e. The number of hydrogen-bond acceptors (Lipinski definition) is 3. The van der Waals surface area contributed by atoms with Crippen molar-refractivity contribution in [1.82, 2.24) is 0 Å². The Hall–Kier alpha value is -0.613. The van der Waals surface area contributed by atoms with Gasteiger partial charge in [0, 0.05) is 6.92 Å². The summed E-state index contributed by atoms with van der Waals surface area (Å²) in [7, 11) is -1.81. The molecule has 0 aromatic heterocycles. The Morgan fingerprint density at radius 1 is 1.18 bits per heavy atom. The highest BCUT2D eigenvalue weighted by atomic mass is 28.4. The van der Waals surface area contributed by atoms with Crippen LogP contribution in [0.2, 0.25) is 18.1 Å². The molecule has 0 saturated heterocycles. The molecule has 1 atom stereocenters. The first kappa shape index (κ1) is 21.4. The second-order valence-electron chi connectivity index (χ2n) is 8.12. The molecule has 0 heterocycles. The molecule has 0 saturated carbocycles. The molecule has 0 spiro atoms. The molecule has 22 heavy (non-hydrogen) atoms. The first-order valence-electron chi connectivity index (χ1n) is 8.37. The fraction of sp³-hybridized carbons (Fsp3) is 0.833. The molecular weight excluding hydrogens is 292 g/mol. The maximum Gasteiger partial charge on any atom is 0.303 e. The van der Waals surface area contributed by atoms with Gasteiger partial charge in [0.2, 0.25) is 0 Å². The first-order chi connectivity index (χ1) is 9.81. The van der Waals surface area contributed by atoms with Gasteiger partial charge < -0.3 is 9.16 Å². The quantitative estimate of drug-likeness (QED) is 0.337. The summed E-state index contributed by atoms with van der Waals surface area (Å²) in [6.45, 7) is 18.7. The van der Waals surface area contributed by atoms with Crippen molar-refractivity contribution >= 4 is 14.3 Å². The molecule has 0 bridgehead atoms. The van der Waals surface area contributed by atoms with Crippen LogP contribution in [0, 0.1) is 0 Å². The van der Waals surface area contributed by atoms with Gasteiger partial charge in [0.25, 0.3) is 0 Å². The van der Waals surface area contributed by atoms with Gasteiger partial charge in [-0.05, 0) is 44.5 Å². The summed E-state index contributed by atoms with van der Waals surface area (Å²) in [4.78, 5) is 11.2. The first-order valence-corrected chi connectivity index (χ1v) is 11.3. The molecular formula is C18H36O3Si. The van der Waals surface area contributed by atoms with E-state index in [0.717, 1.165) is 19.3 Å². The van der Waals surface area contributed by atoms with Crippen molar-refractivity contribution < 1.29 is 14.0 Å². The van der Waals surface area contributed by atoms with Crippen molar-refractivity contribution in [2.75, 3.05) is 0 Å². The van der Waals surface area contributed by atoms with E-state index >= 15 is 0 Å². The highest BCUT2D eigenvalue weighted by molar-refractivity contribution is 6.74. The fourth-order valence-corrected chi connectivity index (χ4v) is 3.21. The Kier molecular flexibility index (Phi) is 8.07. The van der Waals surface area contributed by atoms with Gasteiger partial charge in [-0.1, -0.05) is 46.6 Å². The Morgan fingerprint density at radius 2 is 1.73 bits per heavy atom. The molecule has 1 unspecified atom stereocenters. The minimum Gasteiger partial charge on any atom is -0.456 e. The maximum absolute atomic E-state index is 11.2. The standard InChI is InChI=1S/C18H36O3Si/c1-10-11-12-16(21-22(8,9)17(3,4)5)13-14-18(6,7)20-15(2)19/h13-14,16H,10-12H2,1-9H3/b14-13+. The summed E-state index contributed by atoms with van der Waals surface area (Å²) >= 11 is 0. The molecule has 4 heteroatoms. The van der Waals surface area contributed by atoms with E-state index in [1.807, 2.05) is 19.9 Å². The number of esters is 1. The molecule has 0 aromatic carbocycles. The molecule has 0 rings (SSSR count). The highest BCUT2D eigenvalue weighted by Gasteiger charge is 2.38. The molecule has 130 valence electrons. The Labute approximate surface area is 138 Å². The molecule has 3 nitrogen and oxygen atoms in total. The second kappa shape index (κ2) is 8.30. The minimum absolute atomic E-state index is 0.0932. The predicted octanol–water partition coefficient (Wildman–Crippen LogP) is 5.46. The van der Waals surface area contributed by atoms with Crippen LogP contribution in [-0.4, -0.2) is 26.0 Å². The molecule has 0 fully saturated rings. The lowest BCUT2D eigenvalue weighted by molar-refractivity contribution is -0.149. The molecule has 0 amide bonds. The molecule has 0 aromatic rings. The van der Waals surface area contributed by atoms with Crippen molar-refractivity contribution in [3.63, 3.8) is 0 Å². The van der Waals surface area contributed by atoms with E-state index in [1.54, 1.807) is 0 Å². The van der Waals surface area contributed by atoms with Gasteiger partial charge in [-0.3, -0.25) is 4.79 Å². The van der Waals surface area contributed by atoms with Crippen LogP contribution in [0.25, 0.3) is 0 Å². The lowest BCUT2D eigenvalue weighted by atomic mass is 10.1. The molecule has 0 aliphatic carbocycles. The predicted molar refractivity (Wildman–Crippen MR) is 96.6 cm³/mol. The van der Waals surface area contributed by atoms with E-state index in [2.05, 4.69) is 46.9 Å². The SMILES string of the molecule is CCCCC(/C=C/C(C)(C)OC(C)=O)O[Si](C)(C)C(C)(C)C. The Bertz CT molecular complexity index is 378. The van der Waals surface area contributed by atoms with Gasteiger partial charge in [0.1, 0.15) is 5.60 Å². The maximum atomic E-state index is 11.2. The molecule has 0 aliphatic heterocycles. The third-order valence-corrected chi connectivity index (χ3v) is 8.72. The number of rotatable bonds is 8. The van der Waals surface area contributed by atoms with E-state index in [-0.39, 0.29) is 17.1 Å². The van der Waals surface area contributed by atoms with Gasteiger partial charge >= 0.3 is 5.97 Å². The van der Waals surface area contributed by atoms with Crippen LogP contribution in [-0.2, 0) is 14.0 Å². The van der Waals surface area contributed by atoms with Crippen LogP contribution in [0.5, 0.6) is 0 Å². The number of carbonyl (C=O) groups excluding carboxylic acids is 1. The smallest absolute Gasteiger partial charge is 0.303 e. The zero-order valence-electron chi connectivity index (χ0n) is 16.1. The summed E-state index contributed by atoms with van der Waals surface area (Å²) < 4.78 is 11.8. The second-order valence-corrected chi connectivity index (χ2v) is 12.9. The van der Waals surface area contributed by atoms with E-state index in [9.17, 15) is 4.79 Å². The molecule has 0 aliphatic rings. The number of hydrogen-bond donors (Lipinski definition) is 0. The van der Waals surface area contributed by atoms with Crippen molar-refractivity contribution in [1.29, 1.82) is 0 Å². The summed E-state index contributed by atoms with van der Waals surface area (Å²) in [6.07, 6.45) is 7.43. The van der Waals surface area contributed by atoms with Crippen LogP contribution in [0.4, 0.5) is 0 Å². The van der Waals surface area contributed by atoms with Crippen molar-refractivity contribution in [2.24, 2.45) is 0 Å². The zero-order chi connectivity index (χ0) is 17.6. The third kappa shape index (κ3) is 8.13. The fourth-order valence-electron chi connectivity index (χ4n) is 1.90. The number of carbonyl (C=O) groups is 1. The summed E-state index contributed by atoms with van der Waals surface area (Å²) in [6, 6.07) is 0. The topological polar surface area (TPSA) is 35.5 Å². The van der Waals surface area contributed by atoms with Gasteiger partial charge in [0.05, 0.1) is 6.10 Å². The minimum atomic E-state index is -1.81. The van der Waals surface area contributed by atoms with Crippen molar-refractivity contribution in [3.8, 4) is 0 Å². The molecule has 0 N–H and O–H groups in total. The van der Waals surface area contributed by atoms with Crippen LogP contribution in [0.15, 0.2) is 12.2 Å². The van der Waals surface area contributed by atoms with Crippen molar-refractivity contribution in [2.45, 2.75) is 97.6 Å². The summed E-state index contributed by atoms with van der Waals surface area (Å²) in [5, 5.41) is 0.191. The van der Waals surface area contributed by atoms with Gasteiger partial charge in [-0.15, -0.1) is 0 Å². The van der Waals surface area contributed by atoms with Crippen LogP contribution in [0.3, 0.4) is 0 Å². The zero-order valence-corrected chi connectivity index (χ0v) is 17.1. The van der Waals surface area contributed by atoms with E-state index < -0.39 is 13.9 Å². The molecule has 0 radical (unpaired) electrons. The van der Waals surface area contributed by atoms with Gasteiger partial charge in [0.15, 0.2) is 8.32 Å². The Morgan fingerprint density at radius 3 is 2.14 bits per heavy atom. The average molecular weight is 329 g/mol. The van der Waals surface area contributed by atoms with Crippen LogP contribution < -0.4 is 0 Å². The number of ether oxygens (including phenoxy) is 1. The lowest BCUT2D eigenvalue weighted by Crippen LogP contribution is -2.43. The summed E-state index contributed by atoms with van der Waals surface area (Å²) in [5.41, 5.74) is -0.590. The third-order valence-electron chi connectivity index (χ3n) is 4.21. The van der Waals surface area contributed by atoms with E-state index in [0.29, 0.717) is 0 Å². The summed E-state index contributed by atoms with van der Waals surface area (Å²) in [5.74, 6) is -0.259. The van der Waals surface area contributed by atoms with Gasteiger partial charge in [-0.2, -0.15) is 0 Å². The van der Waals surface area contributed by atoms with E-state index in [4.69, 9.17) is 9.16 Å². The van der Waals surface area contributed by atoms with Crippen molar-refractivity contribution in [3.05, 3.63) is 12.2 Å². The number of unbranched alkanes of at least 4 members (excludes halogenated alkanes) is 1. The monoisotopic (exact) mass is 328 g/mol. The normalized spacial score (nSPS) is 15.1. The van der Waals surface area contributed by atoms with Crippen LogP contribution >= 0.6 is 0 Å².